The number of nitrogens with one attached hydrogen (secondary N) is 2. The van der Waals surface area contributed by atoms with Gasteiger partial charge in [-0.05, 0) is 42.8 Å². The van der Waals surface area contributed by atoms with Crippen molar-refractivity contribution in [2.24, 2.45) is 0 Å². The number of ether oxygens (including phenoxy) is 2. The molecule has 2 N–H and O–H groups in total. The Kier molecular flexibility index (Phi) is 7.21. The Morgan fingerprint density at radius 1 is 1.16 bits per heavy atom. The second-order valence-corrected chi connectivity index (χ2v) is 7.16. The zero-order chi connectivity index (χ0) is 23.3. The summed E-state index contributed by atoms with van der Waals surface area (Å²) < 4.78 is 23.5. The van der Waals surface area contributed by atoms with E-state index >= 15 is 0 Å². The summed E-state index contributed by atoms with van der Waals surface area (Å²) in [6, 6.07) is 10.9. The summed E-state index contributed by atoms with van der Waals surface area (Å²) in [4.78, 5) is 38.7. The number of allylic oxidation sites excluding steroid dienone is 1. The number of methoxy groups -OCH3 is 1. The predicted octanol–water partition coefficient (Wildman–Crippen LogP) is 3.24. The summed E-state index contributed by atoms with van der Waals surface area (Å²) >= 11 is 0. The molecule has 32 heavy (non-hydrogen) atoms. The minimum Gasteiger partial charge on any atom is -0.460 e. The summed E-state index contributed by atoms with van der Waals surface area (Å²) in [6.45, 7) is 2.01. The highest BCUT2D eigenvalue weighted by Crippen LogP contribution is 2.31. The van der Waals surface area contributed by atoms with E-state index in [9.17, 15) is 18.8 Å². The van der Waals surface area contributed by atoms with E-state index in [0.717, 1.165) is 6.07 Å². The molecular formula is C23H24FN3O5. The molecule has 2 aromatic carbocycles. The first-order chi connectivity index (χ1) is 15.3. The van der Waals surface area contributed by atoms with Crippen LogP contribution in [-0.4, -0.2) is 50.2 Å². The maximum Gasteiger partial charge on any atom is 0.338 e. The first-order valence-electron chi connectivity index (χ1n) is 9.89. The van der Waals surface area contributed by atoms with Crippen LogP contribution in [0.5, 0.6) is 0 Å². The van der Waals surface area contributed by atoms with Crippen molar-refractivity contribution in [3.8, 4) is 0 Å². The van der Waals surface area contributed by atoms with Gasteiger partial charge in [-0.2, -0.15) is 0 Å². The number of urea groups is 1. The van der Waals surface area contributed by atoms with E-state index in [4.69, 9.17) is 9.47 Å². The number of halogens is 1. The fourth-order valence-corrected chi connectivity index (χ4v) is 3.24. The Balaban J connectivity index is 1.81. The van der Waals surface area contributed by atoms with E-state index in [1.165, 1.54) is 30.2 Å². The van der Waals surface area contributed by atoms with Gasteiger partial charge >= 0.3 is 12.0 Å². The maximum atomic E-state index is 13.3. The number of rotatable bonds is 7. The van der Waals surface area contributed by atoms with Gasteiger partial charge in [0.15, 0.2) is 0 Å². The molecule has 0 fully saturated rings. The number of carbonyl (C=O) groups excluding carboxylic acids is 3. The van der Waals surface area contributed by atoms with Crippen LogP contribution in [0.25, 0.3) is 0 Å². The second-order valence-electron chi connectivity index (χ2n) is 7.16. The fraction of sp³-hybridized carbons (Fsp3) is 0.261. The fourth-order valence-electron chi connectivity index (χ4n) is 3.24. The molecule has 0 spiro atoms. The van der Waals surface area contributed by atoms with Crippen LogP contribution in [0.1, 0.15) is 28.9 Å². The zero-order valence-corrected chi connectivity index (χ0v) is 18.0. The van der Waals surface area contributed by atoms with Gasteiger partial charge in [0.2, 0.25) is 0 Å². The monoisotopic (exact) mass is 441 g/mol. The minimum absolute atomic E-state index is 0.0849. The van der Waals surface area contributed by atoms with Crippen molar-refractivity contribution < 1.29 is 28.2 Å². The van der Waals surface area contributed by atoms with Gasteiger partial charge in [-0.3, -0.25) is 4.79 Å². The summed E-state index contributed by atoms with van der Waals surface area (Å²) in [7, 11) is 3.07. The third-order valence-corrected chi connectivity index (χ3v) is 5.08. The Hall–Kier alpha value is -3.72. The number of esters is 1. The molecule has 9 heteroatoms. The molecule has 0 saturated carbocycles. The van der Waals surface area contributed by atoms with E-state index < -0.39 is 23.7 Å². The Morgan fingerprint density at radius 3 is 2.53 bits per heavy atom. The standard InChI is InChI=1S/C23H24FN3O5/c1-14-19(22(29)32-12-11-31-3)20(26-23(30)27(14)2)15-7-9-18(10-8-15)25-21(28)16-5-4-6-17(24)13-16/h4-10,13,20H,11-12H2,1-3H3,(H,25,28)(H,26,30). The van der Waals surface area contributed by atoms with Crippen molar-refractivity contribution in [3.05, 3.63) is 76.7 Å². The number of anilines is 1. The number of hydrogen-bond donors (Lipinski definition) is 2. The molecule has 3 amide bonds. The van der Waals surface area contributed by atoms with E-state index in [2.05, 4.69) is 10.6 Å². The zero-order valence-electron chi connectivity index (χ0n) is 18.0. The topological polar surface area (TPSA) is 97.0 Å². The average Bonchev–Trinajstić information content (AvgIpc) is 2.78. The molecular weight excluding hydrogens is 417 g/mol. The van der Waals surface area contributed by atoms with Gasteiger partial charge in [0.05, 0.1) is 18.2 Å². The molecule has 0 bridgehead atoms. The lowest BCUT2D eigenvalue weighted by molar-refractivity contribution is -0.140. The number of nitrogens with zero attached hydrogens (tertiary/aromatic N) is 1. The van der Waals surface area contributed by atoms with Gasteiger partial charge < -0.3 is 25.0 Å². The molecule has 1 aliphatic heterocycles. The molecule has 168 valence electrons. The van der Waals surface area contributed by atoms with Crippen LogP contribution in [0.4, 0.5) is 14.9 Å². The largest absolute Gasteiger partial charge is 0.460 e. The SMILES string of the molecule is COCCOC(=O)C1=C(C)N(C)C(=O)NC1c1ccc(NC(=O)c2cccc(F)c2)cc1. The molecule has 0 aliphatic carbocycles. The van der Waals surface area contributed by atoms with Crippen molar-refractivity contribution in [2.45, 2.75) is 13.0 Å². The van der Waals surface area contributed by atoms with Crippen LogP contribution >= 0.6 is 0 Å². The van der Waals surface area contributed by atoms with Crippen molar-refractivity contribution in [3.63, 3.8) is 0 Å². The van der Waals surface area contributed by atoms with E-state index in [-0.39, 0.29) is 24.8 Å². The van der Waals surface area contributed by atoms with Crippen LogP contribution in [0.3, 0.4) is 0 Å². The number of hydrogen-bond acceptors (Lipinski definition) is 5. The molecule has 1 atom stereocenters. The number of carbonyl (C=O) groups is 3. The smallest absolute Gasteiger partial charge is 0.338 e. The van der Waals surface area contributed by atoms with Gasteiger partial charge in [-0.15, -0.1) is 0 Å². The molecule has 8 nitrogen and oxygen atoms in total. The lowest BCUT2D eigenvalue weighted by Crippen LogP contribution is -2.46. The van der Waals surface area contributed by atoms with Gasteiger partial charge in [0, 0.05) is 31.1 Å². The van der Waals surface area contributed by atoms with Crippen molar-refractivity contribution in [2.75, 3.05) is 32.7 Å². The normalized spacial score (nSPS) is 15.9. The van der Waals surface area contributed by atoms with E-state index in [1.807, 2.05) is 0 Å². The lowest BCUT2D eigenvalue weighted by Gasteiger charge is -2.33. The third kappa shape index (κ3) is 5.12. The molecule has 1 aliphatic rings. The average molecular weight is 441 g/mol. The Labute approximate surface area is 185 Å². The third-order valence-electron chi connectivity index (χ3n) is 5.08. The summed E-state index contributed by atoms with van der Waals surface area (Å²) in [5.41, 5.74) is 2.08. The van der Waals surface area contributed by atoms with Crippen molar-refractivity contribution in [1.29, 1.82) is 0 Å². The Bertz CT molecular complexity index is 1050. The molecule has 0 radical (unpaired) electrons. The summed E-state index contributed by atoms with van der Waals surface area (Å²) in [5.74, 6) is -1.51. The lowest BCUT2D eigenvalue weighted by atomic mass is 9.95. The van der Waals surface area contributed by atoms with Gasteiger partial charge in [-0.1, -0.05) is 18.2 Å². The maximum absolute atomic E-state index is 13.3. The molecule has 1 unspecified atom stereocenters. The van der Waals surface area contributed by atoms with Crippen LogP contribution in [0, 0.1) is 5.82 Å². The van der Waals surface area contributed by atoms with Crippen molar-refractivity contribution in [1.82, 2.24) is 10.2 Å². The van der Waals surface area contributed by atoms with Crippen LogP contribution in [0.2, 0.25) is 0 Å². The molecule has 0 aromatic heterocycles. The number of benzene rings is 2. The summed E-state index contributed by atoms with van der Waals surface area (Å²) in [6.07, 6.45) is 0. The van der Waals surface area contributed by atoms with Gasteiger partial charge in [-0.25, -0.2) is 14.0 Å². The minimum atomic E-state index is -0.721. The number of amides is 3. The highest BCUT2D eigenvalue weighted by atomic mass is 19.1. The molecule has 1 heterocycles. The molecule has 3 rings (SSSR count). The Morgan fingerprint density at radius 2 is 1.88 bits per heavy atom. The van der Waals surface area contributed by atoms with E-state index in [1.54, 1.807) is 38.2 Å². The van der Waals surface area contributed by atoms with Crippen molar-refractivity contribution >= 4 is 23.6 Å². The molecule has 0 saturated heterocycles. The highest BCUT2D eigenvalue weighted by Gasteiger charge is 2.35. The first-order valence-corrected chi connectivity index (χ1v) is 9.89. The first kappa shape index (κ1) is 23.0. The highest BCUT2D eigenvalue weighted by molar-refractivity contribution is 6.04. The van der Waals surface area contributed by atoms with Crippen LogP contribution in [0.15, 0.2) is 59.8 Å². The quantitative estimate of drug-likeness (QED) is 0.508. The van der Waals surface area contributed by atoms with Gasteiger partial charge in [0.1, 0.15) is 12.4 Å². The second kappa shape index (κ2) is 10.1. The van der Waals surface area contributed by atoms with Crippen LogP contribution in [-0.2, 0) is 14.3 Å². The van der Waals surface area contributed by atoms with Gasteiger partial charge in [0.25, 0.3) is 5.91 Å². The predicted molar refractivity (Wildman–Crippen MR) is 115 cm³/mol. The summed E-state index contributed by atoms with van der Waals surface area (Å²) in [5, 5.41) is 5.48. The van der Waals surface area contributed by atoms with E-state index in [0.29, 0.717) is 22.5 Å². The van der Waals surface area contributed by atoms with Crippen LogP contribution < -0.4 is 10.6 Å². The molecule has 2 aromatic rings.